The average Bonchev–Trinajstić information content (AvgIpc) is 1.00. The van der Waals surface area contributed by atoms with Gasteiger partial charge in [-0.2, -0.15) is 0 Å². The van der Waals surface area contributed by atoms with Crippen molar-refractivity contribution in [1.82, 2.24) is 0 Å². The van der Waals surface area contributed by atoms with E-state index in [1.54, 1.807) is 0 Å². The second-order valence-electron chi connectivity index (χ2n) is 0. The molecule has 4 heavy (non-hydrogen) atoms. The maximum atomic E-state index is 2.14. The van der Waals surface area contributed by atoms with Crippen molar-refractivity contribution in [3.8, 4) is 0 Å². The molecule has 0 saturated carbocycles. The second-order valence-corrected chi connectivity index (χ2v) is 0. The van der Waals surface area contributed by atoms with Gasteiger partial charge in [0.2, 0.25) is 0 Å². The van der Waals surface area contributed by atoms with Crippen LogP contribution in [-0.2, 0) is 0 Å². The summed E-state index contributed by atoms with van der Waals surface area (Å²) < 4.78 is 0. The molecule has 20 valence electrons. The summed E-state index contributed by atoms with van der Waals surface area (Å²) in [5.74, 6) is 0. The summed E-state index contributed by atoms with van der Waals surface area (Å²) in [6.45, 7) is 0. The van der Waals surface area contributed by atoms with E-state index in [9.17, 15) is 0 Å². The molecule has 0 amide bonds. The predicted molar refractivity (Wildman–Crippen MR) is 35.6 cm³/mol. The van der Waals surface area contributed by atoms with Crippen LogP contribution in [0.5, 0.6) is 0 Å². The molecule has 0 radical (unpaired) electrons. The molecule has 0 N–H and O–H groups in total. The van der Waals surface area contributed by atoms with Crippen LogP contribution in [0.25, 0.3) is 0 Å². The standard InChI is InChI=1S/Al.BH5Si.K.4H/c;1-2;;;;;/h;1H2,2H3;;;;;. The molecule has 0 fully saturated rings. The second kappa shape index (κ2) is 18.0. The number of hydrogen-bond donors (Lipinski definition) is 0. The van der Waals surface area contributed by atoms with Gasteiger partial charge in [0.15, 0.2) is 17.4 Å². The van der Waals surface area contributed by atoms with E-state index < -0.39 is 0 Å². The van der Waals surface area contributed by atoms with E-state index in [0.717, 1.165) is 0 Å². The molecule has 0 aromatic rings. The van der Waals surface area contributed by atoms with Crippen LogP contribution < -0.4 is 0 Å². The van der Waals surface area contributed by atoms with Crippen LogP contribution in [0.2, 0.25) is 0 Å². The molecule has 0 aromatic heterocycles. The van der Waals surface area contributed by atoms with E-state index in [1.807, 2.05) is 0 Å². The molecule has 0 aromatic carbocycles. The van der Waals surface area contributed by atoms with Crippen molar-refractivity contribution in [3.05, 3.63) is 0 Å². The van der Waals surface area contributed by atoms with Crippen molar-refractivity contribution in [2.45, 2.75) is 0 Å². The molecule has 0 bridgehead atoms. The molecule has 0 heterocycles. The van der Waals surface area contributed by atoms with Gasteiger partial charge in [-0.15, -0.1) is 0 Å². The van der Waals surface area contributed by atoms with Crippen LogP contribution in [0, 0.1) is 0 Å². The quantitative estimate of drug-likeness (QED) is 0.282. The van der Waals surface area contributed by atoms with Gasteiger partial charge in [0, 0.05) is 0 Å². The van der Waals surface area contributed by atoms with Crippen molar-refractivity contribution in [3.63, 3.8) is 0 Å². The Hall–Kier alpha value is 2.45. The van der Waals surface area contributed by atoms with Gasteiger partial charge in [0.1, 0.15) is 0 Å². The average molecular weight is 114 g/mol. The van der Waals surface area contributed by atoms with Crippen LogP contribution in [-0.4, -0.2) is 86.3 Å². The summed E-state index contributed by atoms with van der Waals surface area (Å²) in [5.41, 5.74) is 0. The van der Waals surface area contributed by atoms with E-state index >= 15 is 0 Å². The zero-order valence-electron chi connectivity index (χ0n) is 2.00. The predicted octanol–water partition coefficient (Wildman–Crippen LogP) is -3.93. The summed E-state index contributed by atoms with van der Waals surface area (Å²) in [7, 11) is 3.44. The Morgan fingerprint density at radius 1 is 1.25 bits per heavy atom. The van der Waals surface area contributed by atoms with Gasteiger partial charge in [-0.05, 0) is 10.1 Å². The molecule has 4 heteroatoms. The first kappa shape index (κ1) is 16.1. The van der Waals surface area contributed by atoms with Gasteiger partial charge >= 0.3 is 51.4 Å². The van der Waals surface area contributed by atoms with Gasteiger partial charge in [0.05, 0.1) is 7.44 Å². The van der Waals surface area contributed by atoms with Gasteiger partial charge in [-0.3, -0.25) is 0 Å². The Balaban J connectivity index is -0.00000000500. The third-order valence-electron chi connectivity index (χ3n) is 0. The summed E-state index contributed by atoms with van der Waals surface area (Å²) in [6.07, 6.45) is 0. The molecule has 0 saturated heterocycles. The Kier molecular flexibility index (Phi) is 72.3. The van der Waals surface area contributed by atoms with E-state index in [1.165, 1.54) is 10.1 Å². The molecule has 0 atom stereocenters. The zero-order chi connectivity index (χ0) is 2.00. The van der Waals surface area contributed by atoms with Crippen molar-refractivity contribution in [1.29, 1.82) is 0 Å². The van der Waals surface area contributed by atoms with Crippen LogP contribution in [0.3, 0.4) is 0 Å². The normalized spacial score (nSPS) is 2.00. The summed E-state index contributed by atoms with van der Waals surface area (Å²) in [6, 6.07) is 0. The third-order valence-corrected chi connectivity index (χ3v) is 0. The monoisotopic (exact) mass is 114 g/mol. The Bertz CT molecular complexity index is 8.00. The van der Waals surface area contributed by atoms with Crippen molar-refractivity contribution < 1.29 is 0 Å². The maximum absolute atomic E-state index is 2.14. The first-order valence-electron chi connectivity index (χ1n) is 1.00. The Morgan fingerprint density at radius 2 is 1.25 bits per heavy atom. The molecular formula is H9AlBKSi. The van der Waals surface area contributed by atoms with Crippen molar-refractivity contribution >= 4 is 86.3 Å². The summed E-state index contributed by atoms with van der Waals surface area (Å²) in [5, 5.41) is 0. The fourth-order valence-electron chi connectivity index (χ4n) is 0. The van der Waals surface area contributed by atoms with Gasteiger partial charge < -0.3 is 0 Å². The fraction of sp³-hybridized carbons (Fsp3) is 0. The zero-order valence-corrected chi connectivity index (χ0v) is 4.00. The first-order chi connectivity index (χ1) is 1.00. The molecule has 0 aliphatic rings. The van der Waals surface area contributed by atoms with E-state index in [2.05, 4.69) is 7.44 Å². The number of rotatable bonds is 0. The molecule has 0 unspecified atom stereocenters. The fourth-order valence-corrected chi connectivity index (χ4v) is 0. The molecule has 0 aliphatic heterocycles. The van der Waals surface area contributed by atoms with Crippen LogP contribution in [0.15, 0.2) is 0 Å². The van der Waals surface area contributed by atoms with Crippen molar-refractivity contribution in [2.24, 2.45) is 0 Å². The van der Waals surface area contributed by atoms with Gasteiger partial charge in [0.25, 0.3) is 0 Å². The van der Waals surface area contributed by atoms with Gasteiger partial charge in [-0.1, -0.05) is 0 Å². The number of hydrogen-bond acceptors (Lipinski definition) is 0. The van der Waals surface area contributed by atoms with Crippen molar-refractivity contribution in [2.75, 3.05) is 0 Å². The van der Waals surface area contributed by atoms with Crippen LogP contribution >= 0.6 is 0 Å². The van der Waals surface area contributed by atoms with E-state index in [-0.39, 0.29) is 68.7 Å². The van der Waals surface area contributed by atoms with Gasteiger partial charge in [-0.25, -0.2) is 0 Å². The molecule has 0 rings (SSSR count). The van der Waals surface area contributed by atoms with E-state index in [0.29, 0.717) is 0 Å². The minimum absolute atomic E-state index is 0. The molecule has 0 aliphatic carbocycles. The summed E-state index contributed by atoms with van der Waals surface area (Å²) >= 11 is 0. The molecular weight excluding hydrogens is 105 g/mol. The Morgan fingerprint density at radius 3 is 1.25 bits per heavy atom. The first-order valence-corrected chi connectivity index (χ1v) is 3.00. The summed E-state index contributed by atoms with van der Waals surface area (Å²) in [4.78, 5) is 0. The topological polar surface area (TPSA) is 0 Å². The molecule has 0 nitrogen and oxygen atoms in total. The van der Waals surface area contributed by atoms with Crippen LogP contribution in [0.4, 0.5) is 0 Å². The van der Waals surface area contributed by atoms with E-state index in [4.69, 9.17) is 0 Å². The third kappa shape index (κ3) is 8.82. The van der Waals surface area contributed by atoms with Crippen LogP contribution in [0.1, 0.15) is 0 Å². The SMILES string of the molecule is B[SiH3].[AlH3].[KH]. The minimum atomic E-state index is 0. The Labute approximate surface area is 84.4 Å². The molecule has 0 spiro atoms.